The van der Waals surface area contributed by atoms with Crippen LogP contribution in [0.5, 0.6) is 0 Å². The molecule has 0 aliphatic rings. The van der Waals surface area contributed by atoms with Crippen LogP contribution in [0.25, 0.3) is 11.0 Å². The van der Waals surface area contributed by atoms with Gasteiger partial charge in [0.15, 0.2) is 0 Å². The SMILES string of the molecule is CC(c1cccnc1)n1c(CCl)nc2ccccc21. The third-order valence-corrected chi connectivity index (χ3v) is 3.58. The lowest BCUT2D eigenvalue weighted by atomic mass is 10.1. The Morgan fingerprint density at radius 3 is 2.79 bits per heavy atom. The van der Waals surface area contributed by atoms with Crippen LogP contribution in [-0.2, 0) is 5.88 Å². The summed E-state index contributed by atoms with van der Waals surface area (Å²) < 4.78 is 2.18. The van der Waals surface area contributed by atoms with Gasteiger partial charge in [0.25, 0.3) is 0 Å². The molecule has 4 heteroatoms. The van der Waals surface area contributed by atoms with Gasteiger partial charge in [-0.1, -0.05) is 18.2 Å². The van der Waals surface area contributed by atoms with Gasteiger partial charge in [0.2, 0.25) is 0 Å². The molecule has 0 N–H and O–H groups in total. The minimum atomic E-state index is 0.162. The van der Waals surface area contributed by atoms with Crippen molar-refractivity contribution in [3.8, 4) is 0 Å². The minimum absolute atomic E-state index is 0.162. The highest BCUT2D eigenvalue weighted by atomic mass is 35.5. The van der Waals surface area contributed by atoms with Gasteiger partial charge in [-0.15, -0.1) is 11.6 Å². The monoisotopic (exact) mass is 271 g/mol. The molecule has 0 aliphatic heterocycles. The molecule has 3 rings (SSSR count). The molecule has 0 spiro atoms. The lowest BCUT2D eigenvalue weighted by Crippen LogP contribution is -2.10. The van der Waals surface area contributed by atoms with E-state index in [2.05, 4.69) is 33.6 Å². The molecule has 0 fully saturated rings. The van der Waals surface area contributed by atoms with Gasteiger partial charge in [-0.3, -0.25) is 4.98 Å². The summed E-state index contributed by atoms with van der Waals surface area (Å²) in [4.78, 5) is 8.77. The van der Waals surface area contributed by atoms with Crippen LogP contribution < -0.4 is 0 Å². The number of alkyl halides is 1. The number of halogens is 1. The number of hydrogen-bond acceptors (Lipinski definition) is 2. The fourth-order valence-corrected chi connectivity index (χ4v) is 2.58. The number of hydrogen-bond donors (Lipinski definition) is 0. The molecule has 2 aromatic heterocycles. The van der Waals surface area contributed by atoms with E-state index in [1.807, 2.05) is 30.5 Å². The van der Waals surface area contributed by atoms with Crippen molar-refractivity contribution in [1.29, 1.82) is 0 Å². The van der Waals surface area contributed by atoms with E-state index in [0.29, 0.717) is 5.88 Å². The predicted molar refractivity (Wildman–Crippen MR) is 77.3 cm³/mol. The molecule has 96 valence electrons. The van der Waals surface area contributed by atoms with Crippen LogP contribution in [0.2, 0.25) is 0 Å². The summed E-state index contributed by atoms with van der Waals surface area (Å²) in [6, 6.07) is 12.3. The fraction of sp³-hybridized carbons (Fsp3) is 0.200. The molecule has 0 saturated heterocycles. The lowest BCUT2D eigenvalue weighted by molar-refractivity contribution is 0.631. The van der Waals surface area contributed by atoms with Crippen molar-refractivity contribution in [2.45, 2.75) is 18.8 Å². The molecule has 1 aromatic carbocycles. The molecule has 3 nitrogen and oxygen atoms in total. The molecule has 3 aromatic rings. The van der Waals surface area contributed by atoms with Crippen molar-refractivity contribution < 1.29 is 0 Å². The number of benzene rings is 1. The third kappa shape index (κ3) is 2.10. The van der Waals surface area contributed by atoms with Gasteiger partial charge in [-0.25, -0.2) is 4.98 Å². The van der Waals surface area contributed by atoms with Crippen molar-refractivity contribution in [3.63, 3.8) is 0 Å². The average molecular weight is 272 g/mol. The normalized spacial score (nSPS) is 12.7. The highest BCUT2D eigenvalue weighted by molar-refractivity contribution is 6.16. The molecule has 0 radical (unpaired) electrons. The molecule has 0 aliphatic carbocycles. The highest BCUT2D eigenvalue weighted by Crippen LogP contribution is 2.26. The van der Waals surface area contributed by atoms with Crippen LogP contribution in [-0.4, -0.2) is 14.5 Å². The van der Waals surface area contributed by atoms with Gasteiger partial charge in [0.05, 0.1) is 23.0 Å². The summed E-state index contributed by atoms with van der Waals surface area (Å²) >= 11 is 6.04. The Hall–Kier alpha value is -1.87. The van der Waals surface area contributed by atoms with E-state index in [0.717, 1.165) is 22.4 Å². The molecule has 0 bridgehead atoms. The standard InChI is InChI=1S/C15H14ClN3/c1-11(12-5-4-8-17-10-12)19-14-7-3-2-6-13(14)18-15(19)9-16/h2-8,10-11H,9H2,1H3. The smallest absolute Gasteiger partial charge is 0.125 e. The van der Waals surface area contributed by atoms with Crippen LogP contribution in [0, 0.1) is 0 Å². The van der Waals surface area contributed by atoms with Crippen molar-refractivity contribution in [3.05, 3.63) is 60.2 Å². The molecule has 2 heterocycles. The summed E-state index contributed by atoms with van der Waals surface area (Å²) in [5, 5.41) is 0. The number of imidazole rings is 1. The summed E-state index contributed by atoms with van der Waals surface area (Å²) in [6.45, 7) is 2.14. The zero-order valence-electron chi connectivity index (χ0n) is 10.6. The largest absolute Gasteiger partial charge is 0.320 e. The van der Waals surface area contributed by atoms with E-state index in [1.165, 1.54) is 0 Å². The van der Waals surface area contributed by atoms with Crippen LogP contribution in [0.1, 0.15) is 24.4 Å². The molecule has 0 amide bonds. The van der Waals surface area contributed by atoms with E-state index >= 15 is 0 Å². The van der Waals surface area contributed by atoms with Crippen molar-refractivity contribution in [2.75, 3.05) is 0 Å². The van der Waals surface area contributed by atoms with E-state index in [-0.39, 0.29) is 6.04 Å². The second-order valence-corrected chi connectivity index (χ2v) is 4.75. The minimum Gasteiger partial charge on any atom is -0.320 e. The van der Waals surface area contributed by atoms with Crippen LogP contribution in [0.3, 0.4) is 0 Å². The Labute approximate surface area is 116 Å². The van der Waals surface area contributed by atoms with Crippen LogP contribution in [0.15, 0.2) is 48.8 Å². The third-order valence-electron chi connectivity index (χ3n) is 3.34. The van der Waals surface area contributed by atoms with Crippen molar-refractivity contribution >= 4 is 22.6 Å². The number of aromatic nitrogens is 3. The van der Waals surface area contributed by atoms with Gasteiger partial charge in [0, 0.05) is 12.4 Å². The van der Waals surface area contributed by atoms with E-state index in [9.17, 15) is 0 Å². The summed E-state index contributed by atoms with van der Waals surface area (Å²) in [6.07, 6.45) is 3.67. The average Bonchev–Trinajstić information content (AvgIpc) is 2.86. The van der Waals surface area contributed by atoms with Gasteiger partial charge in [-0.2, -0.15) is 0 Å². The maximum Gasteiger partial charge on any atom is 0.125 e. The number of fused-ring (bicyclic) bond motifs is 1. The Kier molecular flexibility index (Phi) is 3.22. The lowest BCUT2D eigenvalue weighted by Gasteiger charge is -2.17. The maximum absolute atomic E-state index is 6.04. The zero-order valence-corrected chi connectivity index (χ0v) is 11.4. The Bertz CT molecular complexity index is 691. The second kappa shape index (κ2) is 5.02. The second-order valence-electron chi connectivity index (χ2n) is 4.48. The molecule has 1 unspecified atom stereocenters. The fourth-order valence-electron chi connectivity index (χ4n) is 2.39. The highest BCUT2D eigenvalue weighted by Gasteiger charge is 2.16. The molecular weight excluding hydrogens is 258 g/mol. The summed E-state index contributed by atoms with van der Waals surface area (Å²) in [7, 11) is 0. The molecule has 19 heavy (non-hydrogen) atoms. The first kappa shape index (κ1) is 12.2. The van der Waals surface area contributed by atoms with Crippen molar-refractivity contribution in [1.82, 2.24) is 14.5 Å². The number of para-hydroxylation sites is 2. The first-order chi connectivity index (χ1) is 9.31. The number of nitrogens with zero attached hydrogens (tertiary/aromatic N) is 3. The molecule has 1 atom stereocenters. The topological polar surface area (TPSA) is 30.7 Å². The quantitative estimate of drug-likeness (QED) is 0.679. The zero-order chi connectivity index (χ0) is 13.2. The van der Waals surface area contributed by atoms with Gasteiger partial charge < -0.3 is 4.57 Å². The first-order valence-electron chi connectivity index (χ1n) is 6.23. The van der Waals surface area contributed by atoms with E-state index in [1.54, 1.807) is 6.20 Å². The predicted octanol–water partition coefficient (Wildman–Crippen LogP) is 3.78. The molecular formula is C15H14ClN3. The Morgan fingerprint density at radius 1 is 1.21 bits per heavy atom. The van der Waals surface area contributed by atoms with Gasteiger partial charge in [0.1, 0.15) is 5.82 Å². The summed E-state index contributed by atoms with van der Waals surface area (Å²) in [5.74, 6) is 1.29. The Morgan fingerprint density at radius 2 is 2.05 bits per heavy atom. The maximum atomic E-state index is 6.04. The Balaban J connectivity index is 2.18. The summed E-state index contributed by atoms with van der Waals surface area (Å²) in [5.41, 5.74) is 3.24. The van der Waals surface area contributed by atoms with E-state index < -0.39 is 0 Å². The van der Waals surface area contributed by atoms with Crippen molar-refractivity contribution in [2.24, 2.45) is 0 Å². The van der Waals surface area contributed by atoms with Gasteiger partial charge in [-0.05, 0) is 30.7 Å². The van der Waals surface area contributed by atoms with E-state index in [4.69, 9.17) is 11.6 Å². The number of rotatable bonds is 3. The number of pyridine rings is 1. The van der Waals surface area contributed by atoms with Crippen LogP contribution >= 0.6 is 11.6 Å². The van der Waals surface area contributed by atoms with Gasteiger partial charge >= 0.3 is 0 Å². The first-order valence-corrected chi connectivity index (χ1v) is 6.76. The molecule has 0 saturated carbocycles. The van der Waals surface area contributed by atoms with Crippen LogP contribution in [0.4, 0.5) is 0 Å².